The van der Waals surface area contributed by atoms with Crippen LogP contribution >= 0.6 is 0 Å². The normalized spacial score (nSPS) is 15.3. The molecule has 1 heterocycles. The second kappa shape index (κ2) is 15.0. The van der Waals surface area contributed by atoms with E-state index in [1.54, 1.807) is 0 Å². The van der Waals surface area contributed by atoms with Crippen molar-refractivity contribution in [1.29, 1.82) is 0 Å². The van der Waals surface area contributed by atoms with Gasteiger partial charge in [-0.05, 0) is 5.92 Å². The molecule has 0 N–H and O–H groups in total. The third-order valence-corrected chi connectivity index (χ3v) is 3.13. The molecule has 2 nitrogen and oxygen atoms in total. The third kappa shape index (κ3) is 15.9. The van der Waals surface area contributed by atoms with Crippen LogP contribution in [-0.2, 0) is 9.47 Å². The van der Waals surface area contributed by atoms with Gasteiger partial charge >= 0.3 is 0 Å². The lowest BCUT2D eigenvalue weighted by Gasteiger charge is -2.09. The van der Waals surface area contributed by atoms with E-state index >= 15 is 0 Å². The molecule has 0 unspecified atom stereocenters. The SMILES string of the molecule is C1COCCO1.CCCCCCCCCC(C)C. The third-order valence-electron chi connectivity index (χ3n) is 3.13. The average Bonchev–Trinajstić information content (AvgIpc) is 2.40. The van der Waals surface area contributed by atoms with Gasteiger partial charge in [0.25, 0.3) is 0 Å². The molecule has 0 saturated carbocycles. The minimum atomic E-state index is 0.778. The minimum absolute atomic E-state index is 0.778. The molecule has 0 radical (unpaired) electrons. The summed E-state index contributed by atoms with van der Waals surface area (Å²) in [5, 5.41) is 0. The Morgan fingerprint density at radius 1 is 0.722 bits per heavy atom. The molecule has 1 saturated heterocycles. The first kappa shape index (κ1) is 17.9. The molecule has 0 amide bonds. The predicted molar refractivity (Wildman–Crippen MR) is 79.1 cm³/mol. The summed E-state index contributed by atoms with van der Waals surface area (Å²) in [7, 11) is 0. The Morgan fingerprint density at radius 3 is 1.56 bits per heavy atom. The smallest absolute Gasteiger partial charge is 0.0701 e. The lowest BCUT2D eigenvalue weighted by atomic mass is 10.0. The van der Waals surface area contributed by atoms with Gasteiger partial charge in [0.2, 0.25) is 0 Å². The summed E-state index contributed by atoms with van der Waals surface area (Å²) in [6.07, 6.45) is 11.5. The summed E-state index contributed by atoms with van der Waals surface area (Å²) in [5.74, 6) is 0.903. The zero-order valence-electron chi connectivity index (χ0n) is 12.9. The quantitative estimate of drug-likeness (QED) is 0.581. The number of rotatable bonds is 8. The van der Waals surface area contributed by atoms with Crippen molar-refractivity contribution in [1.82, 2.24) is 0 Å². The van der Waals surface area contributed by atoms with Gasteiger partial charge in [-0.1, -0.05) is 72.1 Å². The van der Waals surface area contributed by atoms with Crippen LogP contribution in [0.15, 0.2) is 0 Å². The van der Waals surface area contributed by atoms with Crippen LogP contribution in [0.4, 0.5) is 0 Å². The van der Waals surface area contributed by atoms with Crippen molar-refractivity contribution < 1.29 is 9.47 Å². The van der Waals surface area contributed by atoms with Crippen molar-refractivity contribution >= 4 is 0 Å². The zero-order chi connectivity index (χ0) is 13.5. The van der Waals surface area contributed by atoms with E-state index in [0.717, 1.165) is 32.3 Å². The van der Waals surface area contributed by atoms with Crippen molar-refractivity contribution in [2.45, 2.75) is 72.1 Å². The van der Waals surface area contributed by atoms with Crippen LogP contribution in [0, 0.1) is 5.92 Å². The first-order chi connectivity index (χ1) is 8.77. The molecule has 0 aromatic carbocycles. The fourth-order valence-electron chi connectivity index (χ4n) is 1.95. The number of hydrogen-bond donors (Lipinski definition) is 0. The van der Waals surface area contributed by atoms with Gasteiger partial charge in [-0.15, -0.1) is 0 Å². The second-order valence-corrected chi connectivity index (χ2v) is 5.53. The average molecular weight is 258 g/mol. The van der Waals surface area contributed by atoms with Gasteiger partial charge in [0, 0.05) is 0 Å². The van der Waals surface area contributed by atoms with Crippen LogP contribution in [0.1, 0.15) is 72.1 Å². The Balaban J connectivity index is 0.000000397. The number of unbranched alkanes of at least 4 members (excludes halogenated alkanes) is 6. The summed E-state index contributed by atoms with van der Waals surface area (Å²) in [6.45, 7) is 10.0. The van der Waals surface area contributed by atoms with E-state index in [4.69, 9.17) is 9.47 Å². The lowest BCUT2D eigenvalue weighted by Crippen LogP contribution is -2.16. The summed E-state index contributed by atoms with van der Waals surface area (Å²) in [5.41, 5.74) is 0. The van der Waals surface area contributed by atoms with Crippen LogP contribution in [0.25, 0.3) is 0 Å². The van der Waals surface area contributed by atoms with Crippen molar-refractivity contribution in [3.63, 3.8) is 0 Å². The Bertz CT molecular complexity index is 131. The maximum Gasteiger partial charge on any atom is 0.0701 e. The molecule has 1 rings (SSSR count). The fraction of sp³-hybridized carbons (Fsp3) is 1.00. The fourth-order valence-corrected chi connectivity index (χ4v) is 1.95. The van der Waals surface area contributed by atoms with Crippen LogP contribution in [-0.4, -0.2) is 26.4 Å². The Morgan fingerprint density at radius 2 is 1.17 bits per heavy atom. The molecular weight excluding hydrogens is 224 g/mol. The van der Waals surface area contributed by atoms with Crippen molar-refractivity contribution in [3.8, 4) is 0 Å². The second-order valence-electron chi connectivity index (χ2n) is 5.53. The summed E-state index contributed by atoms with van der Waals surface area (Å²) < 4.78 is 9.89. The molecule has 0 atom stereocenters. The van der Waals surface area contributed by atoms with Crippen molar-refractivity contribution in [2.75, 3.05) is 26.4 Å². The van der Waals surface area contributed by atoms with Crippen LogP contribution < -0.4 is 0 Å². The maximum absolute atomic E-state index is 4.94. The Kier molecular flexibility index (Phi) is 14.9. The maximum atomic E-state index is 4.94. The molecule has 0 aromatic rings. The van der Waals surface area contributed by atoms with E-state index in [0.29, 0.717) is 0 Å². The van der Waals surface area contributed by atoms with E-state index in [-0.39, 0.29) is 0 Å². The molecule has 1 aliphatic heterocycles. The van der Waals surface area contributed by atoms with Gasteiger partial charge < -0.3 is 9.47 Å². The van der Waals surface area contributed by atoms with Crippen molar-refractivity contribution in [2.24, 2.45) is 5.92 Å². The molecular formula is C16H34O2. The molecule has 1 fully saturated rings. The molecule has 110 valence electrons. The molecule has 2 heteroatoms. The van der Waals surface area contributed by atoms with Crippen molar-refractivity contribution in [3.05, 3.63) is 0 Å². The Labute approximate surface area is 114 Å². The largest absolute Gasteiger partial charge is 0.377 e. The molecule has 18 heavy (non-hydrogen) atoms. The van der Waals surface area contributed by atoms with Gasteiger partial charge in [-0.3, -0.25) is 0 Å². The first-order valence-corrected chi connectivity index (χ1v) is 7.92. The van der Waals surface area contributed by atoms with Gasteiger partial charge in [0.15, 0.2) is 0 Å². The molecule has 0 spiro atoms. The summed E-state index contributed by atoms with van der Waals surface area (Å²) in [6, 6.07) is 0. The minimum Gasteiger partial charge on any atom is -0.377 e. The molecule has 0 bridgehead atoms. The highest BCUT2D eigenvalue weighted by atomic mass is 16.6. The highest BCUT2D eigenvalue weighted by molar-refractivity contribution is 4.48. The summed E-state index contributed by atoms with van der Waals surface area (Å²) >= 11 is 0. The summed E-state index contributed by atoms with van der Waals surface area (Å²) in [4.78, 5) is 0. The predicted octanol–water partition coefficient (Wildman–Crippen LogP) is 4.82. The van der Waals surface area contributed by atoms with Gasteiger partial charge in [-0.25, -0.2) is 0 Å². The number of ether oxygens (including phenoxy) is 2. The topological polar surface area (TPSA) is 18.5 Å². The van der Waals surface area contributed by atoms with Gasteiger partial charge in [0.1, 0.15) is 0 Å². The van der Waals surface area contributed by atoms with E-state index in [2.05, 4.69) is 20.8 Å². The highest BCUT2D eigenvalue weighted by Crippen LogP contribution is 2.11. The van der Waals surface area contributed by atoms with Crippen LogP contribution in [0.5, 0.6) is 0 Å². The Hall–Kier alpha value is -0.0800. The molecule has 1 aliphatic rings. The standard InChI is InChI=1S/C12H26.C4H8O2/c1-4-5-6-7-8-9-10-11-12(2)3;1-2-6-4-3-5-1/h12H,4-11H2,1-3H3;1-4H2. The number of hydrogen-bond acceptors (Lipinski definition) is 2. The molecule has 0 aromatic heterocycles. The molecule has 0 aliphatic carbocycles. The van der Waals surface area contributed by atoms with Crippen LogP contribution in [0.3, 0.4) is 0 Å². The van der Waals surface area contributed by atoms with Gasteiger partial charge in [-0.2, -0.15) is 0 Å². The first-order valence-electron chi connectivity index (χ1n) is 7.92. The van der Waals surface area contributed by atoms with E-state index in [9.17, 15) is 0 Å². The van der Waals surface area contributed by atoms with E-state index < -0.39 is 0 Å². The van der Waals surface area contributed by atoms with Crippen LogP contribution in [0.2, 0.25) is 0 Å². The van der Waals surface area contributed by atoms with E-state index in [1.165, 1.54) is 51.4 Å². The van der Waals surface area contributed by atoms with Gasteiger partial charge in [0.05, 0.1) is 26.4 Å². The zero-order valence-corrected chi connectivity index (χ0v) is 12.9. The highest BCUT2D eigenvalue weighted by Gasteiger charge is 1.94. The van der Waals surface area contributed by atoms with E-state index in [1.807, 2.05) is 0 Å². The monoisotopic (exact) mass is 258 g/mol. The lowest BCUT2D eigenvalue weighted by molar-refractivity contribution is -0.0334.